The van der Waals surface area contributed by atoms with Crippen LogP contribution in [0.5, 0.6) is 0 Å². The van der Waals surface area contributed by atoms with Crippen molar-refractivity contribution < 1.29 is 13.6 Å². The fourth-order valence-corrected chi connectivity index (χ4v) is 2.96. The first kappa shape index (κ1) is 18.1. The third-order valence-corrected chi connectivity index (χ3v) is 4.72. The van der Waals surface area contributed by atoms with E-state index in [4.69, 9.17) is 4.42 Å². The zero-order valence-electron chi connectivity index (χ0n) is 14.4. The molecule has 1 atom stereocenters. The van der Waals surface area contributed by atoms with Crippen LogP contribution in [0.2, 0.25) is 0 Å². The normalized spacial score (nSPS) is 12.0. The van der Waals surface area contributed by atoms with Crippen LogP contribution in [0.25, 0.3) is 11.5 Å². The van der Waals surface area contributed by atoms with Crippen molar-refractivity contribution in [1.82, 2.24) is 10.2 Å². The van der Waals surface area contributed by atoms with E-state index >= 15 is 0 Å². The van der Waals surface area contributed by atoms with Crippen LogP contribution < -0.4 is 5.32 Å². The molecule has 26 heavy (non-hydrogen) atoms. The Morgan fingerprint density at radius 2 is 1.92 bits per heavy atom. The average molecular weight is 371 g/mol. The maximum absolute atomic E-state index is 13.8. The van der Waals surface area contributed by atoms with Crippen molar-refractivity contribution in [1.29, 1.82) is 0 Å². The van der Waals surface area contributed by atoms with E-state index in [0.717, 1.165) is 23.9 Å². The number of nitrogens with zero attached hydrogens (tertiary/aromatic N) is 2. The van der Waals surface area contributed by atoms with Gasteiger partial charge in [0, 0.05) is 5.69 Å². The van der Waals surface area contributed by atoms with Crippen molar-refractivity contribution in [2.75, 3.05) is 5.32 Å². The number of benzene rings is 2. The van der Waals surface area contributed by atoms with Gasteiger partial charge in [0.05, 0.1) is 10.8 Å². The predicted octanol–water partition coefficient (Wildman–Crippen LogP) is 4.56. The van der Waals surface area contributed by atoms with Gasteiger partial charge in [0.25, 0.3) is 11.1 Å². The van der Waals surface area contributed by atoms with E-state index in [9.17, 15) is 9.18 Å². The molecular formula is C19H18FN3O2S. The van der Waals surface area contributed by atoms with E-state index in [0.29, 0.717) is 0 Å². The largest absolute Gasteiger partial charge is 0.411 e. The van der Waals surface area contributed by atoms with Gasteiger partial charge in [-0.1, -0.05) is 43.0 Å². The molecule has 7 heteroatoms. The number of aromatic nitrogens is 2. The number of carbonyl (C=O) groups excluding carboxylic acids is 1. The topological polar surface area (TPSA) is 68.0 Å². The summed E-state index contributed by atoms with van der Waals surface area (Å²) in [5.41, 5.74) is 2.18. The molecule has 0 aliphatic rings. The van der Waals surface area contributed by atoms with Crippen LogP contribution in [-0.4, -0.2) is 21.4 Å². The van der Waals surface area contributed by atoms with Crippen LogP contribution in [0.3, 0.4) is 0 Å². The van der Waals surface area contributed by atoms with E-state index in [1.807, 2.05) is 24.3 Å². The molecular weight excluding hydrogens is 353 g/mol. The molecule has 1 heterocycles. The van der Waals surface area contributed by atoms with E-state index in [-0.39, 0.29) is 22.6 Å². The first-order valence-corrected chi connectivity index (χ1v) is 9.09. The van der Waals surface area contributed by atoms with Gasteiger partial charge in [-0.15, -0.1) is 10.2 Å². The second-order valence-corrected chi connectivity index (χ2v) is 6.94. The molecule has 1 N–H and O–H groups in total. The van der Waals surface area contributed by atoms with E-state index in [1.54, 1.807) is 25.1 Å². The molecule has 0 spiro atoms. The number of aryl methyl sites for hydroxylation is 1. The van der Waals surface area contributed by atoms with Crippen LogP contribution in [0.1, 0.15) is 19.4 Å². The third kappa shape index (κ3) is 4.29. The minimum Gasteiger partial charge on any atom is -0.411 e. The number of thioether (sulfide) groups is 1. The number of hydrogen-bond donors (Lipinski definition) is 1. The number of anilines is 1. The number of carbonyl (C=O) groups is 1. The zero-order valence-corrected chi connectivity index (χ0v) is 15.2. The fraction of sp³-hybridized carbons (Fsp3) is 0.211. The Bertz CT molecular complexity index is 896. The summed E-state index contributed by atoms with van der Waals surface area (Å²) in [4.78, 5) is 12.3. The predicted molar refractivity (Wildman–Crippen MR) is 99.5 cm³/mol. The molecule has 0 saturated carbocycles. The quantitative estimate of drug-likeness (QED) is 0.644. The Morgan fingerprint density at radius 1 is 1.19 bits per heavy atom. The molecule has 3 aromatic rings. The molecule has 0 aliphatic carbocycles. The highest BCUT2D eigenvalue weighted by Gasteiger charge is 2.19. The summed E-state index contributed by atoms with van der Waals surface area (Å²) < 4.78 is 19.2. The van der Waals surface area contributed by atoms with E-state index < -0.39 is 11.1 Å². The van der Waals surface area contributed by atoms with Crippen LogP contribution in [0.15, 0.2) is 58.2 Å². The third-order valence-electron chi connectivity index (χ3n) is 3.79. The van der Waals surface area contributed by atoms with Gasteiger partial charge in [-0.05, 0) is 43.2 Å². The van der Waals surface area contributed by atoms with Gasteiger partial charge >= 0.3 is 0 Å². The summed E-state index contributed by atoms with van der Waals surface area (Å²) in [6.07, 6.45) is 0.946. The first-order valence-electron chi connectivity index (χ1n) is 8.21. The number of nitrogens with one attached hydrogen (secondary N) is 1. The van der Waals surface area contributed by atoms with E-state index in [1.165, 1.54) is 11.6 Å². The van der Waals surface area contributed by atoms with Gasteiger partial charge in [-0.25, -0.2) is 4.39 Å². The van der Waals surface area contributed by atoms with Crippen LogP contribution in [0.4, 0.5) is 10.1 Å². The summed E-state index contributed by atoms with van der Waals surface area (Å²) in [6.45, 7) is 3.82. The lowest BCUT2D eigenvalue weighted by Gasteiger charge is -2.10. The fourth-order valence-electron chi connectivity index (χ4n) is 2.27. The molecule has 1 aromatic heterocycles. The molecule has 0 bridgehead atoms. The second-order valence-electron chi connectivity index (χ2n) is 5.65. The molecule has 2 aromatic carbocycles. The van der Waals surface area contributed by atoms with Crippen molar-refractivity contribution in [3.05, 3.63) is 59.9 Å². The number of halogens is 1. The summed E-state index contributed by atoms with van der Waals surface area (Å²) >= 11 is 1.13. The molecule has 134 valence electrons. The molecule has 0 aliphatic heterocycles. The Kier molecular flexibility index (Phi) is 5.68. The summed E-state index contributed by atoms with van der Waals surface area (Å²) in [6, 6.07) is 13.9. The highest BCUT2D eigenvalue weighted by Crippen LogP contribution is 2.28. The van der Waals surface area contributed by atoms with Gasteiger partial charge in [0.1, 0.15) is 5.82 Å². The van der Waals surface area contributed by atoms with Crippen LogP contribution >= 0.6 is 11.8 Å². The second kappa shape index (κ2) is 8.14. The lowest BCUT2D eigenvalue weighted by Crippen LogP contribution is -2.22. The van der Waals surface area contributed by atoms with Crippen molar-refractivity contribution in [2.24, 2.45) is 0 Å². The number of hydrogen-bond acceptors (Lipinski definition) is 5. The van der Waals surface area contributed by atoms with E-state index in [2.05, 4.69) is 22.4 Å². The number of amides is 1. The highest BCUT2D eigenvalue weighted by atomic mass is 32.2. The van der Waals surface area contributed by atoms with Gasteiger partial charge in [-0.2, -0.15) is 0 Å². The molecule has 0 saturated heterocycles. The van der Waals surface area contributed by atoms with Gasteiger partial charge in [0.15, 0.2) is 0 Å². The van der Waals surface area contributed by atoms with Crippen molar-refractivity contribution in [3.8, 4) is 11.5 Å². The molecule has 3 rings (SSSR count). The molecule has 0 unspecified atom stereocenters. The molecule has 5 nitrogen and oxygen atoms in total. The van der Waals surface area contributed by atoms with Crippen LogP contribution in [-0.2, 0) is 11.2 Å². The SMILES string of the molecule is CCc1ccc(NC(=O)[C@H](C)Sc2nnc(-c3ccccc3F)o2)cc1. The Labute approximate surface area is 155 Å². The Balaban J connectivity index is 1.63. The van der Waals surface area contributed by atoms with Gasteiger partial charge in [0.2, 0.25) is 5.91 Å². The van der Waals surface area contributed by atoms with Crippen molar-refractivity contribution >= 4 is 23.4 Å². The first-order chi connectivity index (χ1) is 12.6. The Morgan fingerprint density at radius 3 is 2.62 bits per heavy atom. The molecule has 0 radical (unpaired) electrons. The summed E-state index contributed by atoms with van der Waals surface area (Å²) in [7, 11) is 0. The molecule has 0 fully saturated rings. The summed E-state index contributed by atoms with van der Waals surface area (Å²) in [5, 5.41) is 10.4. The lowest BCUT2D eigenvalue weighted by atomic mass is 10.1. The minimum absolute atomic E-state index is 0.0911. The van der Waals surface area contributed by atoms with Gasteiger partial charge in [-0.3, -0.25) is 4.79 Å². The summed E-state index contributed by atoms with van der Waals surface area (Å²) in [5.74, 6) is -0.521. The number of rotatable bonds is 6. The zero-order chi connectivity index (χ0) is 18.5. The van der Waals surface area contributed by atoms with Crippen molar-refractivity contribution in [2.45, 2.75) is 30.7 Å². The van der Waals surface area contributed by atoms with Gasteiger partial charge < -0.3 is 9.73 Å². The maximum atomic E-state index is 13.8. The monoisotopic (exact) mass is 371 g/mol. The van der Waals surface area contributed by atoms with Crippen molar-refractivity contribution in [3.63, 3.8) is 0 Å². The Hall–Kier alpha value is -2.67. The smallest absolute Gasteiger partial charge is 0.277 e. The maximum Gasteiger partial charge on any atom is 0.277 e. The lowest BCUT2D eigenvalue weighted by molar-refractivity contribution is -0.115. The molecule has 1 amide bonds. The van der Waals surface area contributed by atoms with Crippen LogP contribution in [0, 0.1) is 5.82 Å². The standard InChI is InChI=1S/C19H18FN3O2S/c1-3-13-8-10-14(11-9-13)21-17(24)12(2)26-19-23-22-18(25-19)15-6-4-5-7-16(15)20/h4-12H,3H2,1-2H3,(H,21,24)/t12-/m0/s1. The average Bonchev–Trinajstić information content (AvgIpc) is 3.11. The minimum atomic E-state index is -0.449. The highest BCUT2D eigenvalue weighted by molar-refractivity contribution is 8.00.